The van der Waals surface area contributed by atoms with E-state index in [4.69, 9.17) is 14.6 Å². The fourth-order valence-electron chi connectivity index (χ4n) is 2.27. The van der Waals surface area contributed by atoms with Gasteiger partial charge in [-0.2, -0.15) is 0 Å². The molecule has 1 aromatic rings. The van der Waals surface area contributed by atoms with E-state index in [0.717, 1.165) is 0 Å². The summed E-state index contributed by atoms with van der Waals surface area (Å²) in [7, 11) is -4.46. The van der Waals surface area contributed by atoms with Crippen LogP contribution in [0.5, 0.6) is 11.5 Å². The molecule has 1 aromatic carbocycles. The second-order valence-electron chi connectivity index (χ2n) is 5.50. The van der Waals surface area contributed by atoms with Crippen LogP contribution in [0.2, 0.25) is 0 Å². The number of ether oxygens (including phenoxy) is 2. The van der Waals surface area contributed by atoms with Crippen molar-refractivity contribution in [1.82, 2.24) is 5.32 Å². The molecule has 24 heavy (non-hydrogen) atoms. The molecule has 1 aliphatic heterocycles. The van der Waals surface area contributed by atoms with Crippen LogP contribution in [0, 0.1) is 5.92 Å². The second kappa shape index (κ2) is 7.21. The van der Waals surface area contributed by atoms with Gasteiger partial charge in [0.25, 0.3) is 0 Å². The van der Waals surface area contributed by atoms with Gasteiger partial charge in [0, 0.05) is 0 Å². The highest BCUT2D eigenvalue weighted by molar-refractivity contribution is 7.51. The molecule has 0 aliphatic carbocycles. The molecule has 2 rings (SSSR count). The van der Waals surface area contributed by atoms with Crippen LogP contribution in [0.25, 0.3) is 0 Å². The number of amides is 1. The van der Waals surface area contributed by atoms with Gasteiger partial charge in [-0.25, -0.2) is 0 Å². The summed E-state index contributed by atoms with van der Waals surface area (Å²) in [4.78, 5) is 41.4. The van der Waals surface area contributed by atoms with E-state index in [1.54, 1.807) is 18.2 Å². The fourth-order valence-corrected chi connectivity index (χ4v) is 3.14. The van der Waals surface area contributed by atoms with Gasteiger partial charge in [-0.3, -0.25) is 14.2 Å². The number of carboxylic acid groups (broad SMARTS) is 1. The van der Waals surface area contributed by atoms with E-state index in [0.29, 0.717) is 17.1 Å². The van der Waals surface area contributed by atoms with Crippen LogP contribution in [0.15, 0.2) is 18.2 Å². The first-order valence-electron chi connectivity index (χ1n) is 7.12. The van der Waals surface area contributed by atoms with Gasteiger partial charge in [0.1, 0.15) is 6.04 Å². The highest BCUT2D eigenvalue weighted by atomic mass is 31.2. The van der Waals surface area contributed by atoms with Crippen LogP contribution < -0.4 is 14.8 Å². The molecule has 9 nitrogen and oxygen atoms in total. The zero-order valence-electron chi connectivity index (χ0n) is 12.8. The molecule has 10 heteroatoms. The lowest BCUT2D eigenvalue weighted by Gasteiger charge is -2.19. The molecule has 2 atom stereocenters. The van der Waals surface area contributed by atoms with Crippen molar-refractivity contribution < 1.29 is 38.5 Å². The number of carbonyl (C=O) groups excluding carboxylic acids is 1. The predicted molar refractivity (Wildman–Crippen MR) is 81.9 cm³/mol. The van der Waals surface area contributed by atoms with Crippen LogP contribution in [-0.4, -0.2) is 45.8 Å². The molecule has 1 amide bonds. The minimum Gasteiger partial charge on any atom is -0.480 e. The van der Waals surface area contributed by atoms with Crippen LogP contribution >= 0.6 is 7.60 Å². The monoisotopic (exact) mass is 359 g/mol. The fraction of sp³-hybridized carbons (Fsp3) is 0.429. The zero-order chi connectivity index (χ0) is 17.9. The maximum Gasteiger partial charge on any atom is 0.326 e. The SMILES string of the molecule is C[C@H](NC(=O)C(Cc1ccc2c(c1)OCO2)CP(=O)(O)O)C(=O)O. The first-order valence-corrected chi connectivity index (χ1v) is 8.92. The molecule has 0 saturated heterocycles. The third-order valence-corrected chi connectivity index (χ3v) is 4.39. The molecule has 0 bridgehead atoms. The van der Waals surface area contributed by atoms with Crippen molar-refractivity contribution in [2.45, 2.75) is 19.4 Å². The van der Waals surface area contributed by atoms with E-state index < -0.39 is 37.6 Å². The highest BCUT2D eigenvalue weighted by Crippen LogP contribution is 2.39. The van der Waals surface area contributed by atoms with Gasteiger partial charge in [-0.1, -0.05) is 6.07 Å². The third kappa shape index (κ3) is 4.95. The molecule has 0 fully saturated rings. The Hall–Kier alpha value is -2.09. The quantitative estimate of drug-likeness (QED) is 0.511. The predicted octanol–water partition coefficient (Wildman–Crippen LogP) is 0.341. The summed E-state index contributed by atoms with van der Waals surface area (Å²) in [6.07, 6.45) is -0.653. The molecule has 0 saturated carbocycles. The molecule has 132 valence electrons. The number of carboxylic acids is 1. The van der Waals surface area contributed by atoms with Crippen molar-refractivity contribution in [2.24, 2.45) is 5.92 Å². The molecular weight excluding hydrogens is 341 g/mol. The van der Waals surface area contributed by atoms with Gasteiger partial charge in [0.2, 0.25) is 12.7 Å². The standard InChI is InChI=1S/C14H18NO8P/c1-8(14(17)18)15-13(16)10(6-24(19,20)21)4-9-2-3-11-12(5-9)23-7-22-11/h2-3,5,8,10H,4,6-7H2,1H3,(H,15,16)(H,17,18)(H2,19,20,21)/t8-,10?/m0/s1. The number of fused-ring (bicyclic) bond motifs is 1. The van der Waals surface area contributed by atoms with Crippen LogP contribution in [0.4, 0.5) is 0 Å². The van der Waals surface area contributed by atoms with Gasteiger partial charge < -0.3 is 29.7 Å². The van der Waals surface area contributed by atoms with Crippen LogP contribution in [0.3, 0.4) is 0 Å². The molecule has 1 aliphatic rings. The average Bonchev–Trinajstić information content (AvgIpc) is 2.92. The number of benzene rings is 1. The summed E-state index contributed by atoms with van der Waals surface area (Å²) in [5.41, 5.74) is 0.621. The lowest BCUT2D eigenvalue weighted by atomic mass is 9.99. The normalized spacial score (nSPS) is 15.6. The Morgan fingerprint density at radius 1 is 1.29 bits per heavy atom. The minimum atomic E-state index is -4.46. The summed E-state index contributed by atoms with van der Waals surface area (Å²) < 4.78 is 21.7. The number of aliphatic carboxylic acids is 1. The smallest absolute Gasteiger partial charge is 0.326 e. The lowest BCUT2D eigenvalue weighted by molar-refractivity contribution is -0.141. The number of carbonyl (C=O) groups is 2. The number of rotatable bonds is 7. The second-order valence-corrected chi connectivity index (χ2v) is 7.20. The highest BCUT2D eigenvalue weighted by Gasteiger charge is 2.30. The lowest BCUT2D eigenvalue weighted by Crippen LogP contribution is -2.43. The van der Waals surface area contributed by atoms with Gasteiger partial charge in [-0.15, -0.1) is 0 Å². The molecule has 1 heterocycles. The Labute approximate surface area is 137 Å². The average molecular weight is 359 g/mol. The van der Waals surface area contributed by atoms with Gasteiger partial charge in [0.15, 0.2) is 11.5 Å². The summed E-state index contributed by atoms with van der Waals surface area (Å²) in [6.45, 7) is 1.36. The first-order chi connectivity index (χ1) is 11.2. The molecule has 0 aromatic heterocycles. The molecular formula is C14H18NO8P. The van der Waals surface area contributed by atoms with E-state index in [9.17, 15) is 23.9 Å². The molecule has 0 spiro atoms. The van der Waals surface area contributed by atoms with Gasteiger partial charge >= 0.3 is 13.6 Å². The Morgan fingerprint density at radius 3 is 2.58 bits per heavy atom. The number of hydrogen-bond acceptors (Lipinski definition) is 5. The summed E-state index contributed by atoms with van der Waals surface area (Å²) in [5, 5.41) is 11.1. The Balaban J connectivity index is 2.15. The van der Waals surface area contributed by atoms with E-state index in [-0.39, 0.29) is 13.2 Å². The largest absolute Gasteiger partial charge is 0.480 e. The summed E-state index contributed by atoms with van der Waals surface area (Å²) in [5.74, 6) is -2.00. The molecule has 1 unspecified atom stereocenters. The van der Waals surface area contributed by atoms with Crippen molar-refractivity contribution in [1.29, 1.82) is 0 Å². The van der Waals surface area contributed by atoms with E-state index in [1.165, 1.54) is 6.92 Å². The van der Waals surface area contributed by atoms with Crippen LogP contribution in [0.1, 0.15) is 12.5 Å². The van der Waals surface area contributed by atoms with E-state index in [1.807, 2.05) is 0 Å². The van der Waals surface area contributed by atoms with E-state index in [2.05, 4.69) is 5.32 Å². The molecule has 0 radical (unpaired) electrons. The minimum absolute atomic E-state index is 0.0277. The number of hydrogen-bond donors (Lipinski definition) is 4. The summed E-state index contributed by atoms with van der Waals surface area (Å²) >= 11 is 0. The van der Waals surface area contributed by atoms with Gasteiger partial charge in [-0.05, 0) is 31.0 Å². The van der Waals surface area contributed by atoms with Crippen molar-refractivity contribution in [2.75, 3.05) is 13.0 Å². The first kappa shape index (κ1) is 18.3. The topological polar surface area (TPSA) is 142 Å². The Morgan fingerprint density at radius 2 is 1.96 bits per heavy atom. The maximum absolute atomic E-state index is 12.2. The molecule has 4 N–H and O–H groups in total. The summed E-state index contributed by atoms with van der Waals surface area (Å²) in [6, 6.07) is 3.77. The maximum atomic E-state index is 12.2. The number of nitrogens with one attached hydrogen (secondary N) is 1. The van der Waals surface area contributed by atoms with Crippen LogP contribution in [-0.2, 0) is 20.6 Å². The zero-order valence-corrected chi connectivity index (χ0v) is 13.7. The van der Waals surface area contributed by atoms with Crippen molar-refractivity contribution >= 4 is 19.5 Å². The van der Waals surface area contributed by atoms with Gasteiger partial charge in [0.05, 0.1) is 12.1 Å². The van der Waals surface area contributed by atoms with Crippen molar-refractivity contribution in [3.05, 3.63) is 23.8 Å². The van der Waals surface area contributed by atoms with E-state index >= 15 is 0 Å². The Kier molecular flexibility index (Phi) is 5.48. The Bertz CT molecular complexity index is 685. The van der Waals surface area contributed by atoms with Crippen molar-refractivity contribution in [3.63, 3.8) is 0 Å². The third-order valence-electron chi connectivity index (χ3n) is 3.48. The van der Waals surface area contributed by atoms with Crippen molar-refractivity contribution in [3.8, 4) is 11.5 Å².